The third-order valence-electron chi connectivity index (χ3n) is 1.06. The van der Waals surface area contributed by atoms with Crippen molar-refractivity contribution >= 4 is 11.6 Å². The molecule has 0 bridgehead atoms. The van der Waals surface area contributed by atoms with Gasteiger partial charge in [-0.25, -0.2) is 0 Å². The van der Waals surface area contributed by atoms with Gasteiger partial charge in [-0.15, -0.1) is 0 Å². The van der Waals surface area contributed by atoms with E-state index in [1.807, 2.05) is 0 Å². The van der Waals surface area contributed by atoms with Crippen molar-refractivity contribution < 1.29 is 10.2 Å². The minimum atomic E-state index is -0.265. The lowest BCUT2D eigenvalue weighted by atomic mass is 10.5. The molecule has 0 saturated carbocycles. The molecule has 0 radical (unpaired) electrons. The number of nitrogens with zero attached hydrogens (tertiary/aromatic N) is 1. The molecule has 9 heavy (non-hydrogen) atoms. The van der Waals surface area contributed by atoms with Crippen LogP contribution in [0.5, 0.6) is 11.5 Å². The second-order valence-electron chi connectivity index (χ2n) is 1.76. The first-order chi connectivity index (χ1) is 4.13. The van der Waals surface area contributed by atoms with Crippen molar-refractivity contribution in [1.29, 1.82) is 0 Å². The molecule has 0 aliphatic rings. The maximum atomic E-state index is 8.82. The molecule has 2 N–H and O–H groups in total. The monoisotopic (exact) mass is 147 g/mol. The van der Waals surface area contributed by atoms with E-state index in [4.69, 9.17) is 21.8 Å². The zero-order valence-corrected chi connectivity index (χ0v) is 5.55. The van der Waals surface area contributed by atoms with Gasteiger partial charge in [0.1, 0.15) is 0 Å². The second-order valence-corrected chi connectivity index (χ2v) is 2.12. The summed E-state index contributed by atoms with van der Waals surface area (Å²) in [6, 6.07) is 0. The van der Waals surface area contributed by atoms with Crippen molar-refractivity contribution in [2.75, 3.05) is 0 Å². The van der Waals surface area contributed by atoms with Crippen LogP contribution in [0, 0.1) is 0 Å². The van der Waals surface area contributed by atoms with E-state index in [0.29, 0.717) is 0 Å². The molecule has 0 fully saturated rings. The fourth-order valence-electron chi connectivity index (χ4n) is 0.574. The lowest BCUT2D eigenvalue weighted by Crippen LogP contribution is -1.80. The Kier molecular flexibility index (Phi) is 1.29. The largest absolute Gasteiger partial charge is 0.503 e. The van der Waals surface area contributed by atoms with Crippen LogP contribution in [-0.4, -0.2) is 14.8 Å². The van der Waals surface area contributed by atoms with Crippen LogP contribution in [0.2, 0.25) is 5.15 Å². The molecule has 0 aromatic carbocycles. The van der Waals surface area contributed by atoms with Crippen LogP contribution in [0.15, 0.2) is 6.20 Å². The highest BCUT2D eigenvalue weighted by Crippen LogP contribution is 2.33. The van der Waals surface area contributed by atoms with E-state index < -0.39 is 0 Å². The van der Waals surface area contributed by atoms with Crippen molar-refractivity contribution in [2.24, 2.45) is 7.05 Å². The Morgan fingerprint density at radius 2 is 2.11 bits per heavy atom. The molecule has 0 aliphatic heterocycles. The standard InChI is InChI=1S/C5H6ClNO2/c1-7-2-3(8)4(9)5(7)6/h2,8-9H,1H3. The molecule has 1 aromatic rings. The average molecular weight is 148 g/mol. The summed E-state index contributed by atoms with van der Waals surface area (Å²) in [4.78, 5) is 0. The lowest BCUT2D eigenvalue weighted by molar-refractivity contribution is 0.408. The topological polar surface area (TPSA) is 45.4 Å². The number of aromatic hydroxyl groups is 2. The Morgan fingerprint density at radius 3 is 2.22 bits per heavy atom. The van der Waals surface area contributed by atoms with Crippen LogP contribution in [-0.2, 0) is 7.05 Å². The molecule has 0 spiro atoms. The predicted molar refractivity (Wildman–Crippen MR) is 33.8 cm³/mol. The maximum absolute atomic E-state index is 8.82. The van der Waals surface area contributed by atoms with Gasteiger partial charge in [-0.1, -0.05) is 11.6 Å². The summed E-state index contributed by atoms with van der Waals surface area (Å²) in [5.41, 5.74) is 0. The van der Waals surface area contributed by atoms with Gasteiger partial charge in [0.25, 0.3) is 0 Å². The minimum Gasteiger partial charge on any atom is -0.503 e. The first-order valence-corrected chi connectivity index (χ1v) is 2.73. The van der Waals surface area contributed by atoms with Crippen molar-refractivity contribution in [2.45, 2.75) is 0 Å². The van der Waals surface area contributed by atoms with E-state index in [9.17, 15) is 0 Å². The van der Waals surface area contributed by atoms with E-state index >= 15 is 0 Å². The zero-order chi connectivity index (χ0) is 7.02. The van der Waals surface area contributed by atoms with Crippen molar-refractivity contribution in [3.05, 3.63) is 11.3 Å². The first-order valence-electron chi connectivity index (χ1n) is 2.35. The van der Waals surface area contributed by atoms with E-state index in [0.717, 1.165) is 0 Å². The van der Waals surface area contributed by atoms with Gasteiger partial charge in [-0.3, -0.25) is 0 Å². The van der Waals surface area contributed by atoms with Crippen LogP contribution < -0.4 is 0 Å². The number of aryl methyl sites for hydroxylation is 1. The van der Waals surface area contributed by atoms with Gasteiger partial charge >= 0.3 is 0 Å². The third kappa shape index (κ3) is 0.833. The molecule has 1 aromatic heterocycles. The molecule has 4 heteroatoms. The van der Waals surface area contributed by atoms with Gasteiger partial charge in [0.15, 0.2) is 16.7 Å². The molecule has 0 unspecified atom stereocenters. The number of hydrogen-bond acceptors (Lipinski definition) is 2. The Hall–Kier alpha value is -0.830. The van der Waals surface area contributed by atoms with Crippen LogP contribution in [0.1, 0.15) is 0 Å². The highest BCUT2D eigenvalue weighted by atomic mass is 35.5. The van der Waals surface area contributed by atoms with E-state index in [-0.39, 0.29) is 16.7 Å². The Labute approximate surface area is 57.1 Å². The summed E-state index contributed by atoms with van der Waals surface area (Å²) in [5, 5.41) is 17.7. The van der Waals surface area contributed by atoms with Crippen LogP contribution in [0.3, 0.4) is 0 Å². The maximum Gasteiger partial charge on any atom is 0.195 e. The van der Waals surface area contributed by atoms with Gasteiger partial charge in [0.2, 0.25) is 0 Å². The molecule has 0 amide bonds. The van der Waals surface area contributed by atoms with Gasteiger partial charge in [0, 0.05) is 7.05 Å². The minimum absolute atomic E-state index is 0.146. The summed E-state index contributed by atoms with van der Waals surface area (Å²) in [6.45, 7) is 0. The van der Waals surface area contributed by atoms with E-state index in [1.54, 1.807) is 7.05 Å². The summed E-state index contributed by atoms with van der Waals surface area (Å²) in [5.74, 6) is -0.457. The van der Waals surface area contributed by atoms with Gasteiger partial charge in [0.05, 0.1) is 6.20 Å². The van der Waals surface area contributed by atoms with Crippen LogP contribution in [0.25, 0.3) is 0 Å². The number of aromatic nitrogens is 1. The summed E-state index contributed by atoms with van der Waals surface area (Å²) >= 11 is 5.45. The number of halogens is 1. The van der Waals surface area contributed by atoms with Crippen LogP contribution >= 0.6 is 11.6 Å². The smallest absolute Gasteiger partial charge is 0.195 e. The predicted octanol–water partition coefficient (Wildman–Crippen LogP) is 1.09. The second kappa shape index (κ2) is 1.84. The molecule has 0 saturated heterocycles. The van der Waals surface area contributed by atoms with Gasteiger partial charge in [-0.2, -0.15) is 0 Å². The number of hydrogen-bond donors (Lipinski definition) is 2. The third-order valence-corrected chi connectivity index (χ3v) is 1.51. The highest BCUT2D eigenvalue weighted by molar-refractivity contribution is 6.31. The molecule has 0 atom stereocenters. The molecule has 0 aliphatic carbocycles. The normalized spacial score (nSPS) is 10.0. The lowest BCUT2D eigenvalue weighted by Gasteiger charge is -1.88. The average Bonchev–Trinajstić information content (AvgIpc) is 1.98. The Bertz CT molecular complexity index is 209. The Morgan fingerprint density at radius 1 is 1.56 bits per heavy atom. The van der Waals surface area contributed by atoms with Gasteiger partial charge in [-0.05, 0) is 0 Å². The highest BCUT2D eigenvalue weighted by Gasteiger charge is 2.08. The van der Waals surface area contributed by atoms with Crippen molar-refractivity contribution in [3.8, 4) is 11.5 Å². The fraction of sp³-hybridized carbons (Fsp3) is 0.200. The first kappa shape index (κ1) is 6.29. The molecule has 1 rings (SSSR count). The van der Waals surface area contributed by atoms with Crippen molar-refractivity contribution in [3.63, 3.8) is 0 Å². The summed E-state index contributed by atoms with van der Waals surface area (Å²) in [7, 11) is 1.63. The fourth-order valence-corrected chi connectivity index (χ4v) is 0.720. The summed E-state index contributed by atoms with van der Waals surface area (Å²) < 4.78 is 1.42. The van der Waals surface area contributed by atoms with Crippen LogP contribution in [0.4, 0.5) is 0 Å². The zero-order valence-electron chi connectivity index (χ0n) is 4.80. The SMILES string of the molecule is Cn1cc(O)c(O)c1Cl. The Balaban J connectivity index is 3.29. The summed E-state index contributed by atoms with van der Waals surface area (Å²) in [6.07, 6.45) is 1.33. The number of rotatable bonds is 0. The molecule has 1 heterocycles. The quantitative estimate of drug-likeness (QED) is 0.577. The van der Waals surface area contributed by atoms with E-state index in [1.165, 1.54) is 10.8 Å². The molecular formula is C5H6ClNO2. The van der Waals surface area contributed by atoms with Crippen molar-refractivity contribution in [1.82, 2.24) is 4.57 Å². The molecule has 50 valence electrons. The molecule has 3 nitrogen and oxygen atoms in total. The van der Waals surface area contributed by atoms with Gasteiger partial charge < -0.3 is 14.8 Å². The molecular weight excluding hydrogens is 142 g/mol. The van der Waals surface area contributed by atoms with E-state index in [2.05, 4.69) is 0 Å².